The average Bonchev–Trinajstić information content (AvgIpc) is 2.47. The number of carbonyl (C=O) groups excluding carboxylic acids is 1. The molecular weight excluding hydrogens is 317 g/mol. The van der Waals surface area contributed by atoms with E-state index in [1.165, 1.54) is 0 Å². The highest BCUT2D eigenvalue weighted by Crippen LogP contribution is 2.23. The number of Topliss-reactive ketones (excluding diaryl/α,β-unsaturated/α-hetero) is 1. The highest BCUT2D eigenvalue weighted by molar-refractivity contribution is 6.37. The SMILES string of the molecule is CCC(=NC=C1C=C(C)C(=O)C(C)=C1)c1ccc(Cl)cc1Cl. The number of halogens is 2. The Morgan fingerprint density at radius 2 is 1.82 bits per heavy atom. The van der Waals surface area contributed by atoms with Crippen LogP contribution in [0.15, 0.2) is 58.3 Å². The molecule has 0 fully saturated rings. The molecule has 0 aliphatic heterocycles. The number of aliphatic imine (C=N–C) groups is 1. The van der Waals surface area contributed by atoms with Crippen molar-refractivity contribution < 1.29 is 4.79 Å². The van der Waals surface area contributed by atoms with Crippen LogP contribution in [0.25, 0.3) is 0 Å². The summed E-state index contributed by atoms with van der Waals surface area (Å²) in [7, 11) is 0. The third-order valence-electron chi connectivity index (χ3n) is 3.43. The zero-order valence-corrected chi connectivity index (χ0v) is 14.3. The summed E-state index contributed by atoms with van der Waals surface area (Å²) >= 11 is 12.2. The normalized spacial score (nSPS) is 15.6. The molecule has 1 aliphatic carbocycles. The van der Waals surface area contributed by atoms with Crippen LogP contribution >= 0.6 is 23.2 Å². The number of nitrogens with zero attached hydrogens (tertiary/aromatic N) is 1. The minimum atomic E-state index is 0.0811. The van der Waals surface area contributed by atoms with E-state index in [0.29, 0.717) is 10.0 Å². The van der Waals surface area contributed by atoms with Gasteiger partial charge in [0.05, 0.1) is 5.02 Å². The van der Waals surface area contributed by atoms with Crippen LogP contribution in [0.1, 0.15) is 32.8 Å². The molecule has 114 valence electrons. The van der Waals surface area contributed by atoms with E-state index in [9.17, 15) is 4.79 Å². The van der Waals surface area contributed by atoms with Crippen LogP contribution in [0, 0.1) is 0 Å². The maximum atomic E-state index is 11.7. The molecule has 1 aliphatic rings. The van der Waals surface area contributed by atoms with Crippen molar-refractivity contribution in [2.24, 2.45) is 4.99 Å². The van der Waals surface area contributed by atoms with Gasteiger partial charge in [0, 0.05) is 22.5 Å². The van der Waals surface area contributed by atoms with Gasteiger partial charge in [-0.05, 0) is 61.3 Å². The zero-order valence-electron chi connectivity index (χ0n) is 12.8. The topological polar surface area (TPSA) is 29.4 Å². The Bertz CT molecular complexity index is 715. The van der Waals surface area contributed by atoms with E-state index in [0.717, 1.165) is 34.4 Å². The van der Waals surface area contributed by atoms with Crippen LogP contribution in [-0.2, 0) is 4.79 Å². The summed E-state index contributed by atoms with van der Waals surface area (Å²) in [5, 5.41) is 1.19. The number of allylic oxidation sites excluding steroid dienone is 5. The minimum Gasteiger partial charge on any atom is -0.289 e. The molecule has 0 atom stereocenters. The summed E-state index contributed by atoms with van der Waals surface area (Å²) in [6.45, 7) is 5.65. The largest absolute Gasteiger partial charge is 0.289 e. The highest BCUT2D eigenvalue weighted by Gasteiger charge is 2.12. The fraction of sp³-hybridized carbons (Fsp3) is 0.222. The van der Waals surface area contributed by atoms with Crippen molar-refractivity contribution >= 4 is 34.7 Å². The predicted octanol–water partition coefficient (Wildman–Crippen LogP) is 5.55. The van der Waals surface area contributed by atoms with Crippen molar-refractivity contribution in [3.8, 4) is 0 Å². The van der Waals surface area contributed by atoms with Gasteiger partial charge in [-0.25, -0.2) is 0 Å². The Hall–Kier alpha value is -1.64. The molecule has 0 spiro atoms. The van der Waals surface area contributed by atoms with Gasteiger partial charge >= 0.3 is 0 Å². The van der Waals surface area contributed by atoms with Crippen LogP contribution in [0.2, 0.25) is 10.0 Å². The van der Waals surface area contributed by atoms with Crippen LogP contribution in [0.4, 0.5) is 0 Å². The summed E-state index contributed by atoms with van der Waals surface area (Å²) in [6.07, 6.45) is 6.20. The van der Waals surface area contributed by atoms with E-state index in [1.807, 2.05) is 39.0 Å². The lowest BCUT2D eigenvalue weighted by Crippen LogP contribution is -2.06. The van der Waals surface area contributed by atoms with Crippen molar-refractivity contribution in [3.63, 3.8) is 0 Å². The second kappa shape index (κ2) is 7.08. The van der Waals surface area contributed by atoms with Gasteiger partial charge in [0.15, 0.2) is 5.78 Å². The number of hydrogen-bond acceptors (Lipinski definition) is 2. The maximum Gasteiger partial charge on any atom is 0.184 e. The van der Waals surface area contributed by atoms with Crippen molar-refractivity contribution in [2.45, 2.75) is 27.2 Å². The molecular formula is C18H17Cl2NO. The quantitative estimate of drug-likeness (QED) is 0.666. The van der Waals surface area contributed by atoms with E-state index in [4.69, 9.17) is 23.2 Å². The Morgan fingerprint density at radius 3 is 2.36 bits per heavy atom. The van der Waals surface area contributed by atoms with Gasteiger partial charge in [-0.2, -0.15) is 0 Å². The first-order chi connectivity index (χ1) is 10.4. The van der Waals surface area contributed by atoms with Gasteiger partial charge in [-0.1, -0.05) is 36.2 Å². The minimum absolute atomic E-state index is 0.0811. The highest BCUT2D eigenvalue weighted by atomic mass is 35.5. The molecule has 2 rings (SSSR count). The van der Waals surface area contributed by atoms with Gasteiger partial charge in [0.2, 0.25) is 0 Å². The lowest BCUT2D eigenvalue weighted by molar-refractivity contribution is -0.112. The number of benzene rings is 1. The van der Waals surface area contributed by atoms with Gasteiger partial charge in [0.25, 0.3) is 0 Å². The molecule has 22 heavy (non-hydrogen) atoms. The summed E-state index contributed by atoms with van der Waals surface area (Å²) < 4.78 is 0. The Kier molecular flexibility index (Phi) is 5.38. The molecule has 0 bridgehead atoms. The van der Waals surface area contributed by atoms with Crippen molar-refractivity contribution in [1.82, 2.24) is 0 Å². The Morgan fingerprint density at radius 1 is 1.18 bits per heavy atom. The zero-order chi connectivity index (χ0) is 16.3. The lowest BCUT2D eigenvalue weighted by atomic mass is 9.96. The van der Waals surface area contributed by atoms with Gasteiger partial charge < -0.3 is 0 Å². The van der Waals surface area contributed by atoms with E-state index >= 15 is 0 Å². The standard InChI is InChI=1S/C18H17Cl2NO/c1-4-17(15-6-5-14(19)9-16(15)20)21-10-13-7-11(2)18(22)12(3)8-13/h5-10H,4H2,1-3H3. The summed E-state index contributed by atoms with van der Waals surface area (Å²) in [4.78, 5) is 16.3. The van der Waals surface area contributed by atoms with Crippen LogP contribution in [0.5, 0.6) is 0 Å². The molecule has 0 aromatic heterocycles. The van der Waals surface area contributed by atoms with Gasteiger partial charge in [-0.15, -0.1) is 0 Å². The average molecular weight is 334 g/mol. The third kappa shape index (κ3) is 3.76. The molecule has 0 amide bonds. The first kappa shape index (κ1) is 16.7. The van der Waals surface area contributed by atoms with E-state index in [-0.39, 0.29) is 5.78 Å². The second-order valence-electron chi connectivity index (χ2n) is 5.17. The lowest BCUT2D eigenvalue weighted by Gasteiger charge is -2.09. The fourth-order valence-electron chi connectivity index (χ4n) is 2.29. The van der Waals surface area contributed by atoms with Crippen molar-refractivity contribution in [2.75, 3.05) is 0 Å². The summed E-state index contributed by atoms with van der Waals surface area (Å²) in [6, 6.07) is 5.39. The number of rotatable bonds is 3. The number of ketones is 1. The van der Waals surface area contributed by atoms with E-state index in [1.54, 1.807) is 18.3 Å². The Labute approximate surface area is 140 Å². The van der Waals surface area contributed by atoms with E-state index in [2.05, 4.69) is 4.99 Å². The first-order valence-corrected chi connectivity index (χ1v) is 7.81. The van der Waals surface area contributed by atoms with Crippen LogP contribution < -0.4 is 0 Å². The van der Waals surface area contributed by atoms with Crippen molar-refractivity contribution in [3.05, 3.63) is 68.9 Å². The first-order valence-electron chi connectivity index (χ1n) is 7.06. The monoisotopic (exact) mass is 333 g/mol. The third-order valence-corrected chi connectivity index (χ3v) is 3.98. The molecule has 2 nitrogen and oxygen atoms in total. The number of carbonyl (C=O) groups is 1. The van der Waals surface area contributed by atoms with Crippen LogP contribution in [0.3, 0.4) is 0 Å². The Balaban J connectivity index is 2.38. The molecule has 0 saturated heterocycles. The molecule has 0 unspecified atom stereocenters. The number of hydrogen-bond donors (Lipinski definition) is 0. The fourth-order valence-corrected chi connectivity index (χ4v) is 2.80. The van der Waals surface area contributed by atoms with Crippen molar-refractivity contribution in [1.29, 1.82) is 0 Å². The van der Waals surface area contributed by atoms with Crippen LogP contribution in [-0.4, -0.2) is 11.5 Å². The van der Waals surface area contributed by atoms with Gasteiger partial charge in [0.1, 0.15) is 0 Å². The summed E-state index contributed by atoms with van der Waals surface area (Å²) in [5.41, 5.74) is 4.11. The predicted molar refractivity (Wildman–Crippen MR) is 93.9 cm³/mol. The van der Waals surface area contributed by atoms with Gasteiger partial charge in [-0.3, -0.25) is 9.79 Å². The molecule has 0 heterocycles. The smallest absolute Gasteiger partial charge is 0.184 e. The summed E-state index contributed by atoms with van der Waals surface area (Å²) in [5.74, 6) is 0.0811. The molecule has 4 heteroatoms. The van der Waals surface area contributed by atoms with E-state index < -0.39 is 0 Å². The molecule has 0 N–H and O–H groups in total. The maximum absolute atomic E-state index is 11.7. The second-order valence-corrected chi connectivity index (χ2v) is 6.01. The molecule has 0 saturated carbocycles. The molecule has 1 aromatic rings. The molecule has 0 radical (unpaired) electrons. The molecule has 1 aromatic carbocycles.